The molecule has 1 aromatic heterocycles. The number of hydrogen-bond acceptors (Lipinski definition) is 2. The molecule has 2 aromatic rings. The van der Waals surface area contributed by atoms with E-state index in [2.05, 4.69) is 0 Å². The number of benzene rings is 1. The molecule has 17 heavy (non-hydrogen) atoms. The van der Waals surface area contributed by atoms with E-state index in [0.29, 0.717) is 0 Å². The lowest BCUT2D eigenvalue weighted by Gasteiger charge is -2.05. The highest BCUT2D eigenvalue weighted by Gasteiger charge is 2.04. The second-order valence-corrected chi connectivity index (χ2v) is 3.64. The largest absolute Gasteiger partial charge is 0.480 e. The summed E-state index contributed by atoms with van der Waals surface area (Å²) in [5.74, 6) is -1.03. The molecule has 0 saturated carbocycles. The van der Waals surface area contributed by atoms with Crippen molar-refractivity contribution in [3.05, 3.63) is 59.0 Å². The fraction of sp³-hybridized carbons (Fsp3) is 0.0769. The zero-order chi connectivity index (χ0) is 12.3. The van der Waals surface area contributed by atoms with Crippen LogP contribution in [0.4, 0.5) is 0 Å². The number of rotatable bonds is 3. The lowest BCUT2D eigenvalue weighted by molar-refractivity contribution is -0.137. The zero-order valence-corrected chi connectivity index (χ0v) is 9.04. The van der Waals surface area contributed by atoms with E-state index in [-0.39, 0.29) is 12.1 Å². The van der Waals surface area contributed by atoms with Gasteiger partial charge in [-0.1, -0.05) is 30.3 Å². The molecular weight excluding hydrogens is 218 g/mol. The highest BCUT2D eigenvalue weighted by atomic mass is 16.4. The fourth-order valence-corrected chi connectivity index (χ4v) is 1.60. The van der Waals surface area contributed by atoms with Crippen molar-refractivity contribution in [2.45, 2.75) is 6.54 Å². The molecule has 2 rings (SSSR count). The predicted molar refractivity (Wildman–Crippen MR) is 63.8 cm³/mol. The molecule has 1 heterocycles. The van der Waals surface area contributed by atoms with E-state index < -0.39 is 5.97 Å². The molecule has 4 heteroatoms. The molecule has 86 valence electrons. The number of carboxylic acid groups (broad SMARTS) is 1. The van der Waals surface area contributed by atoms with Gasteiger partial charge in [-0.25, -0.2) is 0 Å². The number of carboxylic acids is 1. The summed E-state index contributed by atoms with van der Waals surface area (Å²) < 4.78 is 1.19. The summed E-state index contributed by atoms with van der Waals surface area (Å²) in [6.45, 7) is -0.320. The van der Waals surface area contributed by atoms with Crippen molar-refractivity contribution in [3.8, 4) is 11.1 Å². The molecule has 0 spiro atoms. The van der Waals surface area contributed by atoms with Crippen molar-refractivity contribution >= 4 is 5.97 Å². The van der Waals surface area contributed by atoms with Gasteiger partial charge < -0.3 is 9.67 Å². The third-order valence-electron chi connectivity index (χ3n) is 2.40. The zero-order valence-electron chi connectivity index (χ0n) is 9.04. The van der Waals surface area contributed by atoms with Gasteiger partial charge in [0.05, 0.1) is 0 Å². The van der Waals surface area contributed by atoms with E-state index in [9.17, 15) is 9.59 Å². The molecule has 0 aliphatic carbocycles. The van der Waals surface area contributed by atoms with Crippen LogP contribution in [-0.4, -0.2) is 15.6 Å². The van der Waals surface area contributed by atoms with Crippen molar-refractivity contribution in [1.82, 2.24) is 4.57 Å². The maximum Gasteiger partial charge on any atom is 0.323 e. The fourth-order valence-electron chi connectivity index (χ4n) is 1.60. The van der Waals surface area contributed by atoms with E-state index in [1.54, 1.807) is 12.3 Å². The van der Waals surface area contributed by atoms with Crippen molar-refractivity contribution < 1.29 is 9.90 Å². The number of hydrogen-bond donors (Lipinski definition) is 1. The van der Waals surface area contributed by atoms with Crippen molar-refractivity contribution in [3.63, 3.8) is 0 Å². The summed E-state index contributed by atoms with van der Waals surface area (Å²) in [6.07, 6.45) is 1.56. The first-order valence-electron chi connectivity index (χ1n) is 5.14. The molecule has 0 aliphatic rings. The molecule has 0 unspecified atom stereocenters. The van der Waals surface area contributed by atoms with Crippen LogP contribution < -0.4 is 5.56 Å². The minimum atomic E-state index is -1.03. The topological polar surface area (TPSA) is 59.3 Å². The van der Waals surface area contributed by atoms with Crippen LogP contribution in [0.15, 0.2) is 53.5 Å². The van der Waals surface area contributed by atoms with Gasteiger partial charge >= 0.3 is 5.97 Å². The Morgan fingerprint density at radius 1 is 1.06 bits per heavy atom. The van der Waals surface area contributed by atoms with E-state index in [1.165, 1.54) is 10.6 Å². The molecule has 4 nitrogen and oxygen atoms in total. The van der Waals surface area contributed by atoms with Gasteiger partial charge in [-0.2, -0.15) is 0 Å². The lowest BCUT2D eigenvalue weighted by atomic mass is 10.1. The number of aliphatic carboxylic acids is 1. The van der Waals surface area contributed by atoms with E-state index in [1.807, 2.05) is 30.3 Å². The molecule has 0 radical (unpaired) electrons. The smallest absolute Gasteiger partial charge is 0.323 e. The second kappa shape index (κ2) is 4.65. The summed E-state index contributed by atoms with van der Waals surface area (Å²) >= 11 is 0. The molecule has 0 bridgehead atoms. The maximum atomic E-state index is 11.4. The number of nitrogens with zero attached hydrogens (tertiary/aromatic N) is 1. The molecule has 1 aromatic carbocycles. The standard InChI is InChI=1S/C13H11NO3/c15-12-7-6-11(8-14(12)9-13(16)17)10-4-2-1-3-5-10/h1-8H,9H2,(H,16,17). The van der Waals surface area contributed by atoms with Crippen LogP contribution in [-0.2, 0) is 11.3 Å². The molecule has 0 aliphatic heterocycles. The van der Waals surface area contributed by atoms with Gasteiger partial charge in [0.1, 0.15) is 6.54 Å². The van der Waals surface area contributed by atoms with Gasteiger partial charge in [0.2, 0.25) is 0 Å². The summed E-state index contributed by atoms with van der Waals surface area (Å²) in [5, 5.41) is 8.69. The first-order valence-corrected chi connectivity index (χ1v) is 5.14. The third kappa shape index (κ3) is 2.60. The van der Waals surface area contributed by atoms with Gasteiger partial charge in [-0.3, -0.25) is 9.59 Å². The van der Waals surface area contributed by atoms with E-state index in [4.69, 9.17) is 5.11 Å². The van der Waals surface area contributed by atoms with Crippen molar-refractivity contribution in [1.29, 1.82) is 0 Å². The number of carbonyl (C=O) groups is 1. The minimum absolute atomic E-state index is 0.313. The number of pyridine rings is 1. The van der Waals surface area contributed by atoms with E-state index in [0.717, 1.165) is 11.1 Å². The third-order valence-corrected chi connectivity index (χ3v) is 2.40. The summed E-state index contributed by atoms with van der Waals surface area (Å²) in [7, 11) is 0. The molecular formula is C13H11NO3. The Kier molecular flexibility index (Phi) is 3.05. The normalized spacial score (nSPS) is 10.1. The Morgan fingerprint density at radius 2 is 1.76 bits per heavy atom. The average molecular weight is 229 g/mol. The summed E-state index contributed by atoms with van der Waals surface area (Å²) in [6, 6.07) is 12.6. The van der Waals surface area contributed by atoms with Gasteiger partial charge in [-0.15, -0.1) is 0 Å². The Bertz CT molecular complexity index is 587. The molecule has 0 saturated heterocycles. The quantitative estimate of drug-likeness (QED) is 0.869. The maximum absolute atomic E-state index is 11.4. The van der Waals surface area contributed by atoms with E-state index >= 15 is 0 Å². The summed E-state index contributed by atoms with van der Waals surface area (Å²) in [4.78, 5) is 22.0. The van der Waals surface area contributed by atoms with Crippen LogP contribution in [0.2, 0.25) is 0 Å². The predicted octanol–water partition coefficient (Wildman–Crippen LogP) is 1.60. The van der Waals surface area contributed by atoms with Gasteiger partial charge in [0.15, 0.2) is 0 Å². The van der Waals surface area contributed by atoms with Crippen LogP contribution in [0.25, 0.3) is 11.1 Å². The molecule has 1 N–H and O–H groups in total. The molecule has 0 fully saturated rings. The Labute approximate surface area is 97.8 Å². The van der Waals surface area contributed by atoms with Gasteiger partial charge in [0, 0.05) is 12.3 Å². The van der Waals surface area contributed by atoms with Crippen LogP contribution in [0, 0.1) is 0 Å². The first kappa shape index (κ1) is 11.1. The van der Waals surface area contributed by atoms with Gasteiger partial charge in [0.25, 0.3) is 5.56 Å². The summed E-state index contributed by atoms with van der Waals surface area (Å²) in [5.41, 5.74) is 1.46. The van der Waals surface area contributed by atoms with Crippen LogP contribution >= 0.6 is 0 Å². The monoisotopic (exact) mass is 229 g/mol. The Morgan fingerprint density at radius 3 is 2.41 bits per heavy atom. The van der Waals surface area contributed by atoms with Crippen LogP contribution in [0.3, 0.4) is 0 Å². The first-order chi connectivity index (χ1) is 8.16. The Hall–Kier alpha value is -2.36. The van der Waals surface area contributed by atoms with Crippen molar-refractivity contribution in [2.24, 2.45) is 0 Å². The number of aromatic nitrogens is 1. The second-order valence-electron chi connectivity index (χ2n) is 3.64. The Balaban J connectivity index is 2.44. The minimum Gasteiger partial charge on any atom is -0.480 e. The SMILES string of the molecule is O=C(O)Cn1cc(-c2ccccc2)ccc1=O. The molecule has 0 amide bonds. The van der Waals surface area contributed by atoms with Crippen LogP contribution in [0.5, 0.6) is 0 Å². The highest BCUT2D eigenvalue weighted by Crippen LogP contribution is 2.16. The van der Waals surface area contributed by atoms with Crippen LogP contribution in [0.1, 0.15) is 0 Å². The van der Waals surface area contributed by atoms with Gasteiger partial charge in [-0.05, 0) is 17.2 Å². The van der Waals surface area contributed by atoms with Crippen molar-refractivity contribution in [2.75, 3.05) is 0 Å². The average Bonchev–Trinajstić information content (AvgIpc) is 2.32. The highest BCUT2D eigenvalue weighted by molar-refractivity contribution is 5.67. The molecule has 0 atom stereocenters. The lowest BCUT2D eigenvalue weighted by Crippen LogP contribution is -2.22.